The van der Waals surface area contributed by atoms with E-state index in [4.69, 9.17) is 5.73 Å². The first kappa shape index (κ1) is 13.7. The summed E-state index contributed by atoms with van der Waals surface area (Å²) in [7, 11) is 1.99. The van der Waals surface area contributed by atoms with Crippen LogP contribution in [0.1, 0.15) is 38.6 Å². The highest BCUT2D eigenvalue weighted by Gasteiger charge is 2.18. The molecule has 2 atom stereocenters. The summed E-state index contributed by atoms with van der Waals surface area (Å²) in [4.78, 5) is 0. The van der Waals surface area contributed by atoms with E-state index in [0.29, 0.717) is 5.92 Å². The number of halogens is 1. The van der Waals surface area contributed by atoms with Gasteiger partial charge in [-0.2, -0.15) is 5.10 Å². The lowest BCUT2D eigenvalue weighted by atomic mass is 9.96. The van der Waals surface area contributed by atoms with Crippen molar-refractivity contribution in [3.05, 3.63) is 15.9 Å². The van der Waals surface area contributed by atoms with Crippen LogP contribution in [-0.4, -0.2) is 15.8 Å². The van der Waals surface area contributed by atoms with Crippen LogP contribution >= 0.6 is 15.9 Å². The molecule has 92 valence electrons. The minimum Gasteiger partial charge on any atom is -0.327 e. The van der Waals surface area contributed by atoms with Gasteiger partial charge in [-0.15, -0.1) is 0 Å². The predicted octanol–water partition coefficient (Wildman–Crippen LogP) is 2.66. The Morgan fingerprint density at radius 3 is 2.50 bits per heavy atom. The summed E-state index contributed by atoms with van der Waals surface area (Å²) in [5, 5.41) is 4.48. The molecule has 0 bridgehead atoms. The van der Waals surface area contributed by atoms with Gasteiger partial charge in [-0.1, -0.05) is 27.2 Å². The molecule has 0 aliphatic heterocycles. The van der Waals surface area contributed by atoms with Gasteiger partial charge < -0.3 is 5.73 Å². The first-order valence-electron chi connectivity index (χ1n) is 5.97. The SMILES string of the molecule is CCc1nn(C)c(CC(N)C(C)CC)c1Br. The molecule has 0 saturated carbocycles. The second kappa shape index (κ2) is 5.82. The molecule has 4 heteroatoms. The minimum atomic E-state index is 0.210. The van der Waals surface area contributed by atoms with Crippen molar-refractivity contribution in [2.24, 2.45) is 18.7 Å². The van der Waals surface area contributed by atoms with E-state index in [1.807, 2.05) is 11.7 Å². The van der Waals surface area contributed by atoms with Gasteiger partial charge in [0.15, 0.2) is 0 Å². The largest absolute Gasteiger partial charge is 0.327 e. The standard InChI is InChI=1S/C12H22BrN3/c1-5-8(3)9(14)7-11-12(13)10(6-2)15-16(11)4/h8-9H,5-7,14H2,1-4H3. The molecule has 3 nitrogen and oxygen atoms in total. The van der Waals surface area contributed by atoms with Gasteiger partial charge in [-0.25, -0.2) is 0 Å². The molecule has 0 saturated heterocycles. The van der Waals surface area contributed by atoms with E-state index in [9.17, 15) is 0 Å². The molecule has 0 aliphatic carbocycles. The number of rotatable bonds is 5. The van der Waals surface area contributed by atoms with E-state index >= 15 is 0 Å². The van der Waals surface area contributed by atoms with E-state index in [-0.39, 0.29) is 6.04 Å². The summed E-state index contributed by atoms with van der Waals surface area (Å²) in [5.41, 5.74) is 8.52. The van der Waals surface area contributed by atoms with Crippen LogP contribution in [0, 0.1) is 5.92 Å². The number of nitrogens with zero attached hydrogens (tertiary/aromatic N) is 2. The summed E-state index contributed by atoms with van der Waals surface area (Å²) >= 11 is 3.62. The summed E-state index contributed by atoms with van der Waals surface area (Å²) in [6.07, 6.45) is 2.96. The summed E-state index contributed by atoms with van der Waals surface area (Å²) in [6.45, 7) is 6.50. The second-order valence-corrected chi connectivity index (χ2v) is 5.23. The third-order valence-corrected chi connectivity index (χ3v) is 4.22. The smallest absolute Gasteiger partial charge is 0.0766 e. The fourth-order valence-corrected chi connectivity index (χ4v) is 2.55. The number of aryl methyl sites for hydroxylation is 2. The van der Waals surface area contributed by atoms with Crippen molar-refractivity contribution in [3.8, 4) is 0 Å². The normalized spacial score (nSPS) is 15.1. The van der Waals surface area contributed by atoms with E-state index in [2.05, 4.69) is 41.8 Å². The summed E-state index contributed by atoms with van der Waals surface area (Å²) in [6, 6.07) is 0.210. The number of hydrogen-bond donors (Lipinski definition) is 1. The molecule has 1 rings (SSSR count). The van der Waals surface area contributed by atoms with Crippen LogP contribution in [0.25, 0.3) is 0 Å². The van der Waals surface area contributed by atoms with Gasteiger partial charge in [0, 0.05) is 19.5 Å². The Balaban J connectivity index is 2.84. The molecule has 0 aliphatic rings. The van der Waals surface area contributed by atoms with Crippen molar-refractivity contribution in [2.75, 3.05) is 0 Å². The lowest BCUT2D eigenvalue weighted by molar-refractivity contribution is 0.431. The van der Waals surface area contributed by atoms with Gasteiger partial charge in [-0.05, 0) is 28.3 Å². The number of aromatic nitrogens is 2. The Labute approximate surface area is 107 Å². The Morgan fingerprint density at radius 1 is 1.44 bits per heavy atom. The molecule has 1 aromatic heterocycles. The zero-order chi connectivity index (χ0) is 12.3. The Morgan fingerprint density at radius 2 is 2.06 bits per heavy atom. The van der Waals surface area contributed by atoms with Crippen molar-refractivity contribution in [3.63, 3.8) is 0 Å². The van der Waals surface area contributed by atoms with Crippen LogP contribution in [0.3, 0.4) is 0 Å². The van der Waals surface area contributed by atoms with Crippen LogP contribution in [0.2, 0.25) is 0 Å². The Kier molecular flexibility index (Phi) is 4.99. The minimum absolute atomic E-state index is 0.210. The highest BCUT2D eigenvalue weighted by atomic mass is 79.9. The van der Waals surface area contributed by atoms with Gasteiger partial charge in [0.25, 0.3) is 0 Å². The predicted molar refractivity (Wildman–Crippen MR) is 71.4 cm³/mol. The molecule has 16 heavy (non-hydrogen) atoms. The maximum Gasteiger partial charge on any atom is 0.0766 e. The first-order valence-corrected chi connectivity index (χ1v) is 6.76. The molecule has 2 N–H and O–H groups in total. The molecular formula is C12H22BrN3. The quantitative estimate of drug-likeness (QED) is 0.905. The van der Waals surface area contributed by atoms with Crippen LogP contribution < -0.4 is 5.73 Å². The van der Waals surface area contributed by atoms with Crippen molar-refractivity contribution in [1.82, 2.24) is 9.78 Å². The molecular weight excluding hydrogens is 266 g/mol. The van der Waals surface area contributed by atoms with Crippen LogP contribution in [0.5, 0.6) is 0 Å². The van der Waals surface area contributed by atoms with E-state index in [1.54, 1.807) is 0 Å². The average molecular weight is 288 g/mol. The monoisotopic (exact) mass is 287 g/mol. The topological polar surface area (TPSA) is 43.8 Å². The fraction of sp³-hybridized carbons (Fsp3) is 0.750. The lowest BCUT2D eigenvalue weighted by Gasteiger charge is -2.18. The summed E-state index contributed by atoms with van der Waals surface area (Å²) in [5.74, 6) is 0.548. The van der Waals surface area contributed by atoms with Crippen LogP contribution in [0.15, 0.2) is 4.47 Å². The maximum atomic E-state index is 6.19. The van der Waals surface area contributed by atoms with Gasteiger partial charge in [0.1, 0.15) is 0 Å². The Bertz CT molecular complexity index is 346. The zero-order valence-electron chi connectivity index (χ0n) is 10.6. The molecule has 0 aromatic carbocycles. The zero-order valence-corrected chi connectivity index (χ0v) is 12.2. The molecule has 0 amide bonds. The highest BCUT2D eigenvalue weighted by molar-refractivity contribution is 9.10. The molecule has 2 unspecified atom stereocenters. The van der Waals surface area contributed by atoms with Gasteiger partial charge in [-0.3, -0.25) is 4.68 Å². The van der Waals surface area contributed by atoms with Crippen molar-refractivity contribution in [2.45, 2.75) is 46.1 Å². The van der Waals surface area contributed by atoms with E-state index in [0.717, 1.165) is 29.4 Å². The number of hydrogen-bond acceptors (Lipinski definition) is 2. The molecule has 1 heterocycles. The van der Waals surface area contributed by atoms with Crippen LogP contribution in [0.4, 0.5) is 0 Å². The van der Waals surface area contributed by atoms with Gasteiger partial charge in [0.05, 0.1) is 15.9 Å². The average Bonchev–Trinajstić information content (AvgIpc) is 2.55. The van der Waals surface area contributed by atoms with Crippen LogP contribution in [-0.2, 0) is 19.9 Å². The van der Waals surface area contributed by atoms with Gasteiger partial charge >= 0.3 is 0 Å². The maximum absolute atomic E-state index is 6.19. The van der Waals surface area contributed by atoms with Gasteiger partial charge in [0.2, 0.25) is 0 Å². The third kappa shape index (κ3) is 2.86. The third-order valence-electron chi connectivity index (χ3n) is 3.31. The number of nitrogens with two attached hydrogens (primary N) is 1. The fourth-order valence-electron chi connectivity index (χ4n) is 1.77. The lowest BCUT2D eigenvalue weighted by Crippen LogP contribution is -2.31. The Hall–Kier alpha value is -0.350. The highest BCUT2D eigenvalue weighted by Crippen LogP contribution is 2.24. The van der Waals surface area contributed by atoms with E-state index < -0.39 is 0 Å². The second-order valence-electron chi connectivity index (χ2n) is 4.44. The molecule has 0 spiro atoms. The molecule has 0 radical (unpaired) electrons. The molecule has 0 fully saturated rings. The van der Waals surface area contributed by atoms with E-state index in [1.165, 1.54) is 5.69 Å². The summed E-state index contributed by atoms with van der Waals surface area (Å²) < 4.78 is 3.08. The van der Waals surface area contributed by atoms with Crippen molar-refractivity contribution < 1.29 is 0 Å². The van der Waals surface area contributed by atoms with Crippen molar-refractivity contribution in [1.29, 1.82) is 0 Å². The van der Waals surface area contributed by atoms with Crippen molar-refractivity contribution >= 4 is 15.9 Å². The first-order chi connectivity index (χ1) is 7.51. The molecule has 1 aromatic rings.